The Bertz CT molecular complexity index is 786. The van der Waals surface area contributed by atoms with Crippen molar-refractivity contribution < 1.29 is 14.3 Å². The molecule has 3 atom stereocenters. The quantitative estimate of drug-likeness (QED) is 0.534. The maximum Gasteiger partial charge on any atom is 0.193 e. The number of carbonyl (C=O) groups is 1. The predicted octanol–water partition coefficient (Wildman–Crippen LogP) is 2.47. The summed E-state index contributed by atoms with van der Waals surface area (Å²) in [4.78, 5) is 12.6. The van der Waals surface area contributed by atoms with Crippen LogP contribution in [0.4, 0.5) is 11.4 Å². The fraction of sp³-hybridized carbons (Fsp3) is 0.381. The average molecular weight is 369 g/mol. The van der Waals surface area contributed by atoms with E-state index in [1.165, 1.54) is 0 Å². The van der Waals surface area contributed by atoms with Crippen LogP contribution in [-0.4, -0.2) is 37.7 Å². The molecule has 1 saturated heterocycles. The van der Waals surface area contributed by atoms with Crippen molar-refractivity contribution in [1.82, 2.24) is 5.32 Å². The van der Waals surface area contributed by atoms with Gasteiger partial charge in [0.25, 0.3) is 0 Å². The van der Waals surface area contributed by atoms with E-state index in [2.05, 4.69) is 12.2 Å². The third-order valence-electron chi connectivity index (χ3n) is 5.07. The van der Waals surface area contributed by atoms with Crippen molar-refractivity contribution >= 4 is 17.2 Å². The molecule has 0 radical (unpaired) electrons. The van der Waals surface area contributed by atoms with Gasteiger partial charge in [0.2, 0.25) is 0 Å². The molecule has 0 amide bonds. The number of ketones is 1. The zero-order valence-electron chi connectivity index (χ0n) is 15.8. The van der Waals surface area contributed by atoms with Gasteiger partial charge in [-0.25, -0.2) is 0 Å². The van der Waals surface area contributed by atoms with Gasteiger partial charge < -0.3 is 26.3 Å². The highest BCUT2D eigenvalue weighted by atomic mass is 16.5. The number of nitrogens with one attached hydrogen (secondary N) is 1. The first-order chi connectivity index (χ1) is 13.0. The molecule has 0 saturated carbocycles. The second-order valence-electron chi connectivity index (χ2n) is 6.99. The molecule has 3 rings (SSSR count). The average Bonchev–Trinajstić information content (AvgIpc) is 2.70. The highest BCUT2D eigenvalue weighted by molar-refractivity contribution is 6.09. The van der Waals surface area contributed by atoms with Crippen molar-refractivity contribution in [3.8, 4) is 5.75 Å². The molecule has 1 heterocycles. The molecule has 144 valence electrons. The molecule has 0 bridgehead atoms. The molecule has 3 unspecified atom stereocenters. The van der Waals surface area contributed by atoms with Gasteiger partial charge in [-0.15, -0.1) is 0 Å². The number of nitrogens with two attached hydrogens (primary N) is 2. The van der Waals surface area contributed by atoms with Crippen molar-refractivity contribution in [3.63, 3.8) is 0 Å². The third-order valence-corrected chi connectivity index (χ3v) is 5.07. The zero-order chi connectivity index (χ0) is 19.4. The van der Waals surface area contributed by atoms with E-state index in [0.717, 1.165) is 25.4 Å². The summed E-state index contributed by atoms with van der Waals surface area (Å²) in [7, 11) is 0. The van der Waals surface area contributed by atoms with Crippen molar-refractivity contribution in [2.75, 3.05) is 31.2 Å². The van der Waals surface area contributed by atoms with Crippen molar-refractivity contribution in [1.29, 1.82) is 0 Å². The summed E-state index contributed by atoms with van der Waals surface area (Å²) in [6.07, 6.45) is 0.138. The topological polar surface area (TPSA) is 99.6 Å². The number of hydrogen-bond donors (Lipinski definition) is 3. The van der Waals surface area contributed by atoms with Crippen LogP contribution < -0.4 is 21.5 Å². The third kappa shape index (κ3) is 4.59. The van der Waals surface area contributed by atoms with Crippen LogP contribution >= 0.6 is 0 Å². The summed E-state index contributed by atoms with van der Waals surface area (Å²) in [5, 5.41) is 3.34. The van der Waals surface area contributed by atoms with Gasteiger partial charge in [-0.2, -0.15) is 0 Å². The second kappa shape index (κ2) is 8.41. The number of hydrogen-bond acceptors (Lipinski definition) is 6. The van der Waals surface area contributed by atoms with E-state index in [0.29, 0.717) is 22.5 Å². The molecular formula is C21H27N3O3. The standard InChI is InChI=1S/C21H27N3O3/c1-13(20-12-24-9-10-26-20)14(2)27-17-6-3-15(4-7-17)21(25)16-5-8-18(22)19(23)11-16/h3-8,11,13-14,20,24H,9-10,12,22-23H2,1-2H3. The minimum atomic E-state index is -0.101. The molecule has 0 aliphatic carbocycles. The first-order valence-electron chi connectivity index (χ1n) is 9.24. The minimum Gasteiger partial charge on any atom is -0.490 e. The van der Waals surface area contributed by atoms with E-state index < -0.39 is 0 Å². The van der Waals surface area contributed by atoms with E-state index >= 15 is 0 Å². The number of carbonyl (C=O) groups excluding carboxylic acids is 1. The highest BCUT2D eigenvalue weighted by Gasteiger charge is 2.26. The molecular weight excluding hydrogens is 342 g/mol. The van der Waals surface area contributed by atoms with E-state index in [9.17, 15) is 4.79 Å². The van der Waals surface area contributed by atoms with Gasteiger partial charge in [0, 0.05) is 30.1 Å². The molecule has 1 aliphatic rings. The molecule has 5 N–H and O–H groups in total. The fourth-order valence-electron chi connectivity index (χ4n) is 3.12. The number of morpholine rings is 1. The van der Waals surface area contributed by atoms with E-state index in [4.69, 9.17) is 20.9 Å². The summed E-state index contributed by atoms with van der Waals surface area (Å²) < 4.78 is 11.9. The summed E-state index contributed by atoms with van der Waals surface area (Å²) in [5.74, 6) is 0.875. The maximum atomic E-state index is 12.6. The normalized spacial score (nSPS) is 19.3. The Labute approximate surface area is 159 Å². The van der Waals surface area contributed by atoms with Crippen LogP contribution in [0, 0.1) is 5.92 Å². The van der Waals surface area contributed by atoms with Crippen molar-refractivity contribution in [3.05, 3.63) is 53.6 Å². The summed E-state index contributed by atoms with van der Waals surface area (Å²) in [5.41, 5.74) is 13.5. The van der Waals surface area contributed by atoms with Crippen LogP contribution in [0.15, 0.2) is 42.5 Å². The first kappa shape index (κ1) is 19.2. The zero-order valence-corrected chi connectivity index (χ0v) is 15.8. The molecule has 6 nitrogen and oxygen atoms in total. The Morgan fingerprint density at radius 2 is 1.81 bits per heavy atom. The van der Waals surface area contributed by atoms with Gasteiger partial charge in [-0.1, -0.05) is 6.92 Å². The molecule has 0 spiro atoms. The fourth-order valence-corrected chi connectivity index (χ4v) is 3.12. The van der Waals surface area contributed by atoms with Crippen LogP contribution in [0.2, 0.25) is 0 Å². The summed E-state index contributed by atoms with van der Waals surface area (Å²) in [6.45, 7) is 6.64. The van der Waals surface area contributed by atoms with Crippen molar-refractivity contribution in [2.24, 2.45) is 5.92 Å². The largest absolute Gasteiger partial charge is 0.490 e. The predicted molar refractivity (Wildman–Crippen MR) is 107 cm³/mol. The molecule has 2 aromatic rings. The van der Waals surface area contributed by atoms with Gasteiger partial charge in [0.05, 0.1) is 24.1 Å². The Morgan fingerprint density at radius 1 is 1.11 bits per heavy atom. The smallest absolute Gasteiger partial charge is 0.193 e. The SMILES string of the molecule is CC(Oc1ccc(C(=O)c2ccc(N)c(N)c2)cc1)C(C)C1CNCCO1. The maximum absolute atomic E-state index is 12.6. The molecule has 2 aromatic carbocycles. The Morgan fingerprint density at radius 3 is 2.44 bits per heavy atom. The lowest BCUT2D eigenvalue weighted by molar-refractivity contribution is -0.0341. The van der Waals surface area contributed by atoms with Gasteiger partial charge in [0.15, 0.2) is 5.78 Å². The molecule has 1 aliphatic heterocycles. The van der Waals surface area contributed by atoms with Crippen LogP contribution in [0.25, 0.3) is 0 Å². The molecule has 6 heteroatoms. The second-order valence-corrected chi connectivity index (χ2v) is 6.99. The van der Waals surface area contributed by atoms with Gasteiger partial charge in [-0.05, 0) is 49.4 Å². The van der Waals surface area contributed by atoms with E-state index in [1.54, 1.807) is 30.3 Å². The van der Waals surface area contributed by atoms with Crippen LogP contribution in [0.1, 0.15) is 29.8 Å². The number of ether oxygens (including phenoxy) is 2. The van der Waals surface area contributed by atoms with Crippen LogP contribution in [-0.2, 0) is 4.74 Å². The molecule has 1 fully saturated rings. The van der Waals surface area contributed by atoms with Crippen LogP contribution in [0.5, 0.6) is 5.75 Å². The lowest BCUT2D eigenvalue weighted by Gasteiger charge is -2.32. The van der Waals surface area contributed by atoms with Crippen LogP contribution in [0.3, 0.4) is 0 Å². The Balaban J connectivity index is 1.64. The first-order valence-corrected chi connectivity index (χ1v) is 9.24. The Hall–Kier alpha value is -2.57. The number of benzene rings is 2. The number of nitrogen functional groups attached to an aromatic ring is 2. The molecule has 0 aromatic heterocycles. The van der Waals surface area contributed by atoms with E-state index in [1.807, 2.05) is 19.1 Å². The minimum absolute atomic E-state index is 0.00616. The number of rotatable bonds is 6. The Kier molecular flexibility index (Phi) is 5.98. The summed E-state index contributed by atoms with van der Waals surface area (Å²) in [6, 6.07) is 12.1. The van der Waals surface area contributed by atoms with Gasteiger partial charge in [-0.3, -0.25) is 4.79 Å². The van der Waals surface area contributed by atoms with Gasteiger partial charge >= 0.3 is 0 Å². The molecule has 27 heavy (non-hydrogen) atoms. The highest BCUT2D eigenvalue weighted by Crippen LogP contribution is 2.23. The van der Waals surface area contributed by atoms with Gasteiger partial charge in [0.1, 0.15) is 11.9 Å². The monoisotopic (exact) mass is 369 g/mol. The van der Waals surface area contributed by atoms with Crippen molar-refractivity contribution in [2.45, 2.75) is 26.1 Å². The lowest BCUT2D eigenvalue weighted by atomic mass is 9.98. The summed E-state index contributed by atoms with van der Waals surface area (Å²) >= 11 is 0. The number of anilines is 2. The van der Waals surface area contributed by atoms with E-state index in [-0.39, 0.29) is 23.9 Å². The lowest BCUT2D eigenvalue weighted by Crippen LogP contribution is -2.45.